The van der Waals surface area contributed by atoms with Crippen molar-refractivity contribution in [2.75, 3.05) is 7.11 Å². The van der Waals surface area contributed by atoms with Crippen LogP contribution in [-0.2, 0) is 14.3 Å². The molecule has 0 bridgehead atoms. The number of hydrogen-bond acceptors (Lipinski definition) is 6. The summed E-state index contributed by atoms with van der Waals surface area (Å²) >= 11 is 6.02. The van der Waals surface area contributed by atoms with Crippen molar-refractivity contribution in [2.24, 2.45) is 10.8 Å². The molecule has 0 saturated heterocycles. The van der Waals surface area contributed by atoms with Crippen LogP contribution in [0.5, 0.6) is 11.5 Å². The van der Waals surface area contributed by atoms with Gasteiger partial charge in [-0.2, -0.15) is 0 Å². The maximum atomic E-state index is 13.5. The number of Topliss-reactive ketones (excluding diaryl/α,β-unsaturated/α-hetero) is 2. The van der Waals surface area contributed by atoms with E-state index in [2.05, 4.69) is 27.7 Å². The lowest BCUT2D eigenvalue weighted by atomic mass is 9.65. The highest BCUT2D eigenvalue weighted by Crippen LogP contribution is 2.53. The van der Waals surface area contributed by atoms with Gasteiger partial charge in [-0.3, -0.25) is 9.59 Å². The number of methoxy groups -OCH3 is 1. The zero-order valence-electron chi connectivity index (χ0n) is 22.3. The van der Waals surface area contributed by atoms with Crippen molar-refractivity contribution in [2.45, 2.75) is 59.3 Å². The lowest BCUT2D eigenvalue weighted by Crippen LogP contribution is -2.37. The molecule has 2 aromatic rings. The van der Waals surface area contributed by atoms with Crippen LogP contribution in [0, 0.1) is 10.8 Å². The van der Waals surface area contributed by atoms with E-state index in [1.54, 1.807) is 36.4 Å². The molecule has 7 heteroatoms. The molecular weight excluding hydrogens is 504 g/mol. The van der Waals surface area contributed by atoms with Gasteiger partial charge in [-0.15, -0.1) is 0 Å². The van der Waals surface area contributed by atoms with Crippen LogP contribution < -0.4 is 9.47 Å². The van der Waals surface area contributed by atoms with E-state index in [0.717, 1.165) is 0 Å². The fourth-order valence-electron chi connectivity index (χ4n) is 5.73. The molecule has 0 saturated carbocycles. The predicted octanol–water partition coefficient (Wildman–Crippen LogP) is 6.97. The number of ketones is 2. The molecule has 0 fully saturated rings. The molecule has 0 spiro atoms. The van der Waals surface area contributed by atoms with Crippen molar-refractivity contribution in [3.63, 3.8) is 0 Å². The highest BCUT2D eigenvalue weighted by molar-refractivity contribution is 6.30. The molecule has 0 radical (unpaired) electrons. The second kappa shape index (κ2) is 9.42. The van der Waals surface area contributed by atoms with Crippen LogP contribution in [-0.4, -0.2) is 24.6 Å². The summed E-state index contributed by atoms with van der Waals surface area (Å²) in [6, 6.07) is 11.7. The van der Waals surface area contributed by atoms with Crippen molar-refractivity contribution < 1.29 is 28.6 Å². The number of carbonyl (C=O) groups is 3. The Morgan fingerprint density at radius 2 is 1.47 bits per heavy atom. The van der Waals surface area contributed by atoms with Crippen LogP contribution in [0.2, 0.25) is 5.02 Å². The van der Waals surface area contributed by atoms with E-state index in [9.17, 15) is 14.4 Å². The Hall–Kier alpha value is -3.38. The van der Waals surface area contributed by atoms with Crippen molar-refractivity contribution in [3.05, 3.63) is 81.3 Å². The highest BCUT2D eigenvalue weighted by atomic mass is 35.5. The van der Waals surface area contributed by atoms with Crippen molar-refractivity contribution in [1.82, 2.24) is 0 Å². The van der Waals surface area contributed by atoms with Gasteiger partial charge >= 0.3 is 5.97 Å². The monoisotopic (exact) mass is 534 g/mol. The summed E-state index contributed by atoms with van der Waals surface area (Å²) in [6.45, 7) is 8.22. The van der Waals surface area contributed by atoms with Crippen LogP contribution in [0.1, 0.15) is 75.2 Å². The summed E-state index contributed by atoms with van der Waals surface area (Å²) in [5.41, 5.74) is 1.65. The molecule has 0 unspecified atom stereocenters. The molecule has 0 aromatic heterocycles. The summed E-state index contributed by atoms with van der Waals surface area (Å²) in [6.07, 6.45) is 1.98. The summed E-state index contributed by atoms with van der Waals surface area (Å²) in [5, 5.41) is 0.426. The van der Waals surface area contributed by atoms with Crippen LogP contribution in [0.3, 0.4) is 0 Å². The van der Waals surface area contributed by atoms with Gasteiger partial charge in [0.25, 0.3) is 0 Å². The van der Waals surface area contributed by atoms with E-state index in [4.69, 9.17) is 25.8 Å². The number of esters is 1. The van der Waals surface area contributed by atoms with Crippen molar-refractivity contribution in [3.8, 4) is 11.5 Å². The molecule has 3 aliphatic rings. The number of benzene rings is 2. The molecule has 5 rings (SSSR count). The van der Waals surface area contributed by atoms with E-state index >= 15 is 0 Å². The number of carbonyl (C=O) groups excluding carboxylic acids is 3. The van der Waals surface area contributed by atoms with Gasteiger partial charge in [-0.05, 0) is 46.7 Å². The average molecular weight is 535 g/mol. The molecule has 2 aromatic carbocycles. The largest absolute Gasteiger partial charge is 0.493 e. The second-order valence-corrected chi connectivity index (χ2v) is 12.3. The van der Waals surface area contributed by atoms with Gasteiger partial charge in [0.15, 0.2) is 23.1 Å². The van der Waals surface area contributed by atoms with Gasteiger partial charge in [-0.25, -0.2) is 4.79 Å². The summed E-state index contributed by atoms with van der Waals surface area (Å²) in [4.78, 5) is 39.8. The average Bonchev–Trinajstić information content (AvgIpc) is 2.81. The Kier molecular flexibility index (Phi) is 6.50. The van der Waals surface area contributed by atoms with Crippen LogP contribution in [0.4, 0.5) is 0 Å². The lowest BCUT2D eigenvalue weighted by Gasteiger charge is -2.42. The molecule has 1 aliphatic heterocycles. The fraction of sp³-hybridized carbons (Fsp3) is 0.387. The Balaban J connectivity index is 1.58. The SMILES string of the molecule is COc1cc(C2C3=C(CC(C)(C)CC3=O)OC3=C2C(=O)CC(C)(C)C3)ccc1OC(=O)c1cccc(Cl)c1. The number of allylic oxidation sites excluding steroid dienone is 4. The molecule has 1 heterocycles. The first-order valence-electron chi connectivity index (χ1n) is 12.7. The third kappa shape index (κ3) is 4.90. The van der Waals surface area contributed by atoms with E-state index < -0.39 is 11.9 Å². The minimum atomic E-state index is -0.575. The number of hydrogen-bond donors (Lipinski definition) is 0. The first-order chi connectivity index (χ1) is 17.9. The zero-order chi connectivity index (χ0) is 27.4. The van der Waals surface area contributed by atoms with Crippen LogP contribution >= 0.6 is 11.6 Å². The summed E-state index contributed by atoms with van der Waals surface area (Å²) in [5.74, 6) is 0.680. The quantitative estimate of drug-likeness (QED) is 0.311. The number of rotatable bonds is 4. The summed E-state index contributed by atoms with van der Waals surface area (Å²) < 4.78 is 17.6. The third-order valence-electron chi connectivity index (χ3n) is 7.37. The van der Waals surface area contributed by atoms with Crippen molar-refractivity contribution >= 4 is 29.1 Å². The highest BCUT2D eigenvalue weighted by Gasteiger charge is 2.48. The third-order valence-corrected chi connectivity index (χ3v) is 7.60. The van der Waals surface area contributed by atoms with Gasteiger partial charge in [0.1, 0.15) is 11.5 Å². The lowest BCUT2D eigenvalue weighted by molar-refractivity contribution is -0.120. The van der Waals surface area contributed by atoms with E-state index in [-0.39, 0.29) is 28.1 Å². The molecule has 38 heavy (non-hydrogen) atoms. The maximum Gasteiger partial charge on any atom is 0.343 e. The van der Waals surface area contributed by atoms with E-state index in [0.29, 0.717) is 70.2 Å². The van der Waals surface area contributed by atoms with Gasteiger partial charge in [-0.1, -0.05) is 51.4 Å². The topological polar surface area (TPSA) is 78.9 Å². The summed E-state index contributed by atoms with van der Waals surface area (Å²) in [7, 11) is 1.48. The smallest absolute Gasteiger partial charge is 0.343 e. The van der Waals surface area contributed by atoms with Crippen LogP contribution in [0.25, 0.3) is 0 Å². The maximum absolute atomic E-state index is 13.5. The zero-order valence-corrected chi connectivity index (χ0v) is 23.0. The molecule has 6 nitrogen and oxygen atoms in total. The standard InChI is InChI=1S/C31H31ClO6/c1-30(2)13-20(33)27-24(15-30)37-25-16-31(3,4)14-21(34)28(25)26(27)17-9-10-22(23(12-17)36-5)38-29(35)18-7-6-8-19(32)11-18/h6-12,26H,13-16H2,1-5H3. The Morgan fingerprint density at radius 1 is 0.868 bits per heavy atom. The molecule has 2 aliphatic carbocycles. The molecule has 0 amide bonds. The number of ether oxygens (including phenoxy) is 3. The van der Waals surface area contributed by atoms with Gasteiger partial charge < -0.3 is 14.2 Å². The van der Waals surface area contributed by atoms with Gasteiger partial charge in [0, 0.05) is 47.8 Å². The minimum Gasteiger partial charge on any atom is -0.493 e. The van der Waals surface area contributed by atoms with E-state index in [1.807, 2.05) is 0 Å². The van der Waals surface area contributed by atoms with E-state index in [1.165, 1.54) is 13.2 Å². The Bertz CT molecular complexity index is 1380. The number of halogens is 1. The predicted molar refractivity (Wildman–Crippen MR) is 143 cm³/mol. The molecule has 198 valence electrons. The molecule has 0 atom stereocenters. The first-order valence-corrected chi connectivity index (χ1v) is 13.1. The second-order valence-electron chi connectivity index (χ2n) is 11.9. The van der Waals surface area contributed by atoms with Gasteiger partial charge in [0.05, 0.1) is 12.7 Å². The Morgan fingerprint density at radius 3 is 2.03 bits per heavy atom. The minimum absolute atomic E-state index is 0.0131. The normalized spacial score (nSPS) is 20.5. The fourth-order valence-corrected chi connectivity index (χ4v) is 5.92. The van der Waals surface area contributed by atoms with Crippen molar-refractivity contribution in [1.29, 1.82) is 0 Å². The molecular formula is C31H31ClO6. The Labute approximate surface area is 227 Å². The molecule has 0 N–H and O–H groups in total. The van der Waals surface area contributed by atoms with Crippen LogP contribution in [0.15, 0.2) is 65.1 Å². The first kappa shape index (κ1) is 26.2. The van der Waals surface area contributed by atoms with Gasteiger partial charge in [0.2, 0.25) is 0 Å².